The summed E-state index contributed by atoms with van der Waals surface area (Å²) >= 11 is -2.06. The van der Waals surface area contributed by atoms with Crippen molar-refractivity contribution < 1.29 is 0 Å². The van der Waals surface area contributed by atoms with Gasteiger partial charge in [-0.2, -0.15) is 0 Å². The molecule has 0 radical (unpaired) electrons. The van der Waals surface area contributed by atoms with Gasteiger partial charge in [0.05, 0.1) is 0 Å². The molecule has 0 N–H and O–H groups in total. The molecule has 1 aromatic carbocycles. The summed E-state index contributed by atoms with van der Waals surface area (Å²) in [6.07, 6.45) is 6.81. The first kappa shape index (κ1) is 18.1. The fraction of sp³-hybridized carbons (Fsp3) is 0.684. The van der Waals surface area contributed by atoms with Crippen LogP contribution in [0, 0.1) is 0 Å². The van der Waals surface area contributed by atoms with Gasteiger partial charge in [-0.3, -0.25) is 0 Å². The van der Waals surface area contributed by atoms with E-state index >= 15 is 0 Å². The Labute approximate surface area is 131 Å². The van der Waals surface area contributed by atoms with E-state index in [1.807, 2.05) is 0 Å². The number of unbranched alkanes of at least 4 members (excludes halogenated alkanes) is 2. The normalized spacial score (nSPS) is 13.4. The molecule has 1 rings (SSSR count). The maximum atomic E-state index is 2.68. The van der Waals surface area contributed by atoms with Gasteiger partial charge < -0.3 is 0 Å². The van der Waals surface area contributed by atoms with Gasteiger partial charge >= 0.3 is 131 Å². The zero-order chi connectivity index (χ0) is 15.0. The third kappa shape index (κ3) is 5.09. The molecule has 0 saturated carbocycles. The third-order valence-electron chi connectivity index (χ3n) is 4.95. The topological polar surface area (TPSA) is 0 Å². The molecule has 0 heterocycles. The fourth-order valence-corrected chi connectivity index (χ4v) is 14.6. The number of benzene rings is 1. The summed E-state index contributed by atoms with van der Waals surface area (Å²) in [5.74, 6) is 0.705. The third-order valence-corrected chi connectivity index (χ3v) is 18.2. The SMILES string of the molecule is CCC[CH2][Sn]([CH3])([CH2]CCC)[c]1ccc(C(C)CC)cc1. The Kier molecular flexibility index (Phi) is 8.24. The molecular formula is C19H34Sn. The molecule has 20 heavy (non-hydrogen) atoms. The summed E-state index contributed by atoms with van der Waals surface area (Å²) in [7, 11) is 0. The standard InChI is InChI=1S/C10H13.2C4H9.CH3.Sn/c1-3-9(2)10-7-5-4-6-8-10;2*1-3-4-2;;/h5-9H,3H2,1-2H3;2*1,3-4H2,2H3;1H3;. The molecule has 0 nitrogen and oxygen atoms in total. The van der Waals surface area contributed by atoms with Crippen molar-refractivity contribution in [3.8, 4) is 0 Å². The van der Waals surface area contributed by atoms with Crippen LogP contribution in [0.4, 0.5) is 0 Å². The predicted octanol–water partition coefficient (Wildman–Crippen LogP) is 6.09. The summed E-state index contributed by atoms with van der Waals surface area (Å²) in [6, 6.07) is 9.80. The quantitative estimate of drug-likeness (QED) is 0.455. The summed E-state index contributed by atoms with van der Waals surface area (Å²) in [6.45, 7) is 9.28. The van der Waals surface area contributed by atoms with Crippen LogP contribution in [0.3, 0.4) is 0 Å². The minimum absolute atomic E-state index is 0.705. The van der Waals surface area contributed by atoms with E-state index in [1.165, 1.54) is 46.5 Å². The Balaban J connectivity index is 2.89. The summed E-state index contributed by atoms with van der Waals surface area (Å²) < 4.78 is 4.83. The molecule has 0 bridgehead atoms. The van der Waals surface area contributed by atoms with Crippen LogP contribution >= 0.6 is 0 Å². The van der Waals surface area contributed by atoms with Crippen molar-refractivity contribution in [1.29, 1.82) is 0 Å². The average molecular weight is 381 g/mol. The molecule has 0 fully saturated rings. The maximum absolute atomic E-state index is 2.68. The van der Waals surface area contributed by atoms with Gasteiger partial charge in [-0.25, -0.2) is 0 Å². The molecular weight excluding hydrogens is 347 g/mol. The molecule has 114 valence electrons. The second-order valence-corrected chi connectivity index (χ2v) is 20.1. The summed E-state index contributed by atoms with van der Waals surface area (Å²) in [5.41, 5.74) is 1.52. The van der Waals surface area contributed by atoms with Gasteiger partial charge in [0.15, 0.2) is 0 Å². The second kappa shape index (κ2) is 9.12. The van der Waals surface area contributed by atoms with E-state index in [0.29, 0.717) is 5.92 Å². The Bertz CT molecular complexity index is 358. The molecule has 0 saturated heterocycles. The molecule has 0 aliphatic rings. The summed E-state index contributed by atoms with van der Waals surface area (Å²) in [5, 5.41) is 0. The minimum atomic E-state index is -2.06. The Morgan fingerprint density at radius 1 is 0.900 bits per heavy atom. The van der Waals surface area contributed by atoms with Gasteiger partial charge in [0, 0.05) is 0 Å². The van der Waals surface area contributed by atoms with Crippen molar-refractivity contribution in [3.05, 3.63) is 29.8 Å². The van der Waals surface area contributed by atoms with Crippen LogP contribution < -0.4 is 3.58 Å². The van der Waals surface area contributed by atoms with E-state index in [0.717, 1.165) is 0 Å². The van der Waals surface area contributed by atoms with Crippen molar-refractivity contribution in [2.24, 2.45) is 0 Å². The van der Waals surface area contributed by atoms with Crippen molar-refractivity contribution in [2.45, 2.75) is 79.5 Å². The number of rotatable bonds is 9. The van der Waals surface area contributed by atoms with Crippen molar-refractivity contribution >= 4 is 22.0 Å². The Morgan fingerprint density at radius 3 is 1.80 bits per heavy atom. The van der Waals surface area contributed by atoms with Crippen LogP contribution in [0.15, 0.2) is 24.3 Å². The van der Waals surface area contributed by atoms with Gasteiger partial charge in [-0.1, -0.05) is 0 Å². The van der Waals surface area contributed by atoms with Crippen molar-refractivity contribution in [1.82, 2.24) is 0 Å². The van der Waals surface area contributed by atoms with Crippen LogP contribution in [0.1, 0.15) is 71.3 Å². The van der Waals surface area contributed by atoms with Gasteiger partial charge in [-0.05, 0) is 0 Å². The van der Waals surface area contributed by atoms with E-state index in [-0.39, 0.29) is 0 Å². The van der Waals surface area contributed by atoms with E-state index in [2.05, 4.69) is 56.9 Å². The Morgan fingerprint density at radius 2 is 1.40 bits per heavy atom. The zero-order valence-electron chi connectivity index (χ0n) is 14.3. The molecule has 1 heteroatoms. The molecule has 0 aliphatic carbocycles. The second-order valence-electron chi connectivity index (χ2n) is 6.70. The summed E-state index contributed by atoms with van der Waals surface area (Å²) in [4.78, 5) is 2.68. The number of hydrogen-bond acceptors (Lipinski definition) is 0. The first-order chi connectivity index (χ1) is 9.57. The van der Waals surface area contributed by atoms with E-state index in [1.54, 1.807) is 3.58 Å². The van der Waals surface area contributed by atoms with Gasteiger partial charge in [0.1, 0.15) is 0 Å². The number of hydrogen-bond donors (Lipinski definition) is 0. The van der Waals surface area contributed by atoms with E-state index < -0.39 is 18.4 Å². The molecule has 0 aliphatic heterocycles. The molecule has 0 spiro atoms. The van der Waals surface area contributed by atoms with Gasteiger partial charge in [0.25, 0.3) is 0 Å². The van der Waals surface area contributed by atoms with Crippen LogP contribution in [-0.4, -0.2) is 18.4 Å². The molecule has 0 amide bonds. The molecule has 1 atom stereocenters. The molecule has 0 aromatic heterocycles. The van der Waals surface area contributed by atoms with Gasteiger partial charge in [-0.15, -0.1) is 0 Å². The zero-order valence-corrected chi connectivity index (χ0v) is 17.2. The van der Waals surface area contributed by atoms with E-state index in [9.17, 15) is 0 Å². The van der Waals surface area contributed by atoms with Crippen LogP contribution in [0.2, 0.25) is 13.8 Å². The van der Waals surface area contributed by atoms with Crippen LogP contribution in [0.5, 0.6) is 0 Å². The average Bonchev–Trinajstić information content (AvgIpc) is 2.50. The van der Waals surface area contributed by atoms with E-state index in [4.69, 9.17) is 0 Å². The Hall–Kier alpha value is 0.0187. The van der Waals surface area contributed by atoms with Crippen molar-refractivity contribution in [2.75, 3.05) is 0 Å². The predicted molar refractivity (Wildman–Crippen MR) is 95.8 cm³/mol. The van der Waals surface area contributed by atoms with Gasteiger partial charge in [0.2, 0.25) is 0 Å². The molecule has 1 unspecified atom stereocenters. The van der Waals surface area contributed by atoms with Crippen LogP contribution in [-0.2, 0) is 0 Å². The van der Waals surface area contributed by atoms with Crippen molar-refractivity contribution in [3.63, 3.8) is 0 Å². The monoisotopic (exact) mass is 382 g/mol. The first-order valence-corrected chi connectivity index (χ1v) is 17.0. The fourth-order valence-electron chi connectivity index (χ4n) is 3.00. The first-order valence-electron chi connectivity index (χ1n) is 8.67. The molecule has 1 aromatic rings. The van der Waals surface area contributed by atoms with Crippen LogP contribution in [0.25, 0.3) is 0 Å².